The Labute approximate surface area is 68.2 Å². The van der Waals surface area contributed by atoms with Crippen molar-refractivity contribution in [3.8, 4) is 6.01 Å². The lowest BCUT2D eigenvalue weighted by Crippen LogP contribution is -2.13. The van der Waals surface area contributed by atoms with Crippen LogP contribution in [-0.4, -0.2) is 21.3 Å². The second kappa shape index (κ2) is 2.60. The Bertz CT molecular complexity index is 358. The van der Waals surface area contributed by atoms with Gasteiger partial charge in [-0.2, -0.15) is 4.98 Å². The Kier molecular flexibility index (Phi) is 1.58. The standard InChI is InChI=1S/C7H8N2O3/c10-4-5-3-6(11)8-7-9(5)1-2-12-7/h3,10H,1-2,4H2. The van der Waals surface area contributed by atoms with Crippen molar-refractivity contribution in [2.75, 3.05) is 6.61 Å². The second-order valence-corrected chi connectivity index (χ2v) is 2.53. The van der Waals surface area contributed by atoms with E-state index in [4.69, 9.17) is 9.84 Å². The largest absolute Gasteiger partial charge is 0.463 e. The van der Waals surface area contributed by atoms with E-state index in [1.54, 1.807) is 4.57 Å². The van der Waals surface area contributed by atoms with E-state index in [-0.39, 0.29) is 12.2 Å². The van der Waals surface area contributed by atoms with Gasteiger partial charge < -0.3 is 9.84 Å². The van der Waals surface area contributed by atoms with Crippen LogP contribution in [0.4, 0.5) is 0 Å². The van der Waals surface area contributed by atoms with Crippen LogP contribution in [0.15, 0.2) is 10.9 Å². The molecule has 1 aliphatic rings. The number of hydrogen-bond donors (Lipinski definition) is 1. The molecular formula is C7H8N2O3. The maximum atomic E-state index is 10.9. The van der Waals surface area contributed by atoms with E-state index in [9.17, 15) is 4.79 Å². The van der Waals surface area contributed by atoms with Crippen LogP contribution in [0.5, 0.6) is 6.01 Å². The summed E-state index contributed by atoms with van der Waals surface area (Å²) in [7, 11) is 0. The molecule has 0 radical (unpaired) electrons. The molecule has 0 aromatic carbocycles. The van der Waals surface area contributed by atoms with Gasteiger partial charge in [-0.05, 0) is 0 Å². The zero-order valence-corrected chi connectivity index (χ0v) is 6.36. The van der Waals surface area contributed by atoms with Crippen molar-refractivity contribution < 1.29 is 9.84 Å². The second-order valence-electron chi connectivity index (χ2n) is 2.53. The molecule has 0 atom stereocenters. The number of rotatable bonds is 1. The van der Waals surface area contributed by atoms with Crippen LogP contribution in [0.2, 0.25) is 0 Å². The van der Waals surface area contributed by atoms with Crippen LogP contribution >= 0.6 is 0 Å². The zero-order chi connectivity index (χ0) is 8.55. The topological polar surface area (TPSA) is 64.3 Å². The highest BCUT2D eigenvalue weighted by molar-refractivity contribution is 5.11. The first-order valence-corrected chi connectivity index (χ1v) is 3.65. The number of fused-ring (bicyclic) bond motifs is 1. The number of nitrogens with zero attached hydrogens (tertiary/aromatic N) is 2. The van der Waals surface area contributed by atoms with E-state index >= 15 is 0 Å². The quantitative estimate of drug-likeness (QED) is 0.592. The summed E-state index contributed by atoms with van der Waals surface area (Å²) in [6.07, 6.45) is 0. The van der Waals surface area contributed by atoms with Gasteiger partial charge in [-0.15, -0.1) is 0 Å². The molecule has 0 aliphatic carbocycles. The highest BCUT2D eigenvalue weighted by Gasteiger charge is 2.15. The molecule has 2 heterocycles. The van der Waals surface area contributed by atoms with Crippen molar-refractivity contribution >= 4 is 0 Å². The predicted octanol–water partition coefficient (Wildman–Crippen LogP) is -0.872. The monoisotopic (exact) mass is 168 g/mol. The van der Waals surface area contributed by atoms with Gasteiger partial charge >= 0.3 is 0 Å². The summed E-state index contributed by atoms with van der Waals surface area (Å²) in [5.41, 5.74) is 0.190. The SMILES string of the molecule is O=c1cc(CO)n2c(n1)OCC2. The van der Waals surface area contributed by atoms with Crippen LogP contribution in [0.1, 0.15) is 5.69 Å². The van der Waals surface area contributed by atoms with Crippen LogP contribution in [0.3, 0.4) is 0 Å². The summed E-state index contributed by atoms with van der Waals surface area (Å²) in [5.74, 6) is 0. The summed E-state index contributed by atoms with van der Waals surface area (Å²) < 4.78 is 6.76. The summed E-state index contributed by atoms with van der Waals surface area (Å²) in [6, 6.07) is 1.63. The fraction of sp³-hybridized carbons (Fsp3) is 0.429. The van der Waals surface area contributed by atoms with Crippen molar-refractivity contribution in [1.82, 2.24) is 9.55 Å². The maximum Gasteiger partial charge on any atom is 0.300 e. The van der Waals surface area contributed by atoms with Crippen molar-refractivity contribution in [2.24, 2.45) is 0 Å². The maximum absolute atomic E-state index is 10.9. The molecule has 0 spiro atoms. The molecule has 12 heavy (non-hydrogen) atoms. The summed E-state index contributed by atoms with van der Waals surface area (Å²) >= 11 is 0. The van der Waals surface area contributed by atoms with Crippen molar-refractivity contribution in [2.45, 2.75) is 13.2 Å². The lowest BCUT2D eigenvalue weighted by molar-refractivity contribution is 0.270. The third-order valence-corrected chi connectivity index (χ3v) is 1.78. The summed E-state index contributed by atoms with van der Waals surface area (Å²) in [5, 5.41) is 8.88. The number of ether oxygens (including phenoxy) is 1. The minimum absolute atomic E-state index is 0.159. The molecule has 1 aromatic heterocycles. The van der Waals surface area contributed by atoms with Gasteiger partial charge in [0.15, 0.2) is 0 Å². The molecule has 0 saturated carbocycles. The number of hydrogen-bond acceptors (Lipinski definition) is 4. The van der Waals surface area contributed by atoms with Gasteiger partial charge in [-0.1, -0.05) is 0 Å². The van der Waals surface area contributed by atoms with Crippen molar-refractivity contribution in [1.29, 1.82) is 0 Å². The molecule has 0 saturated heterocycles. The molecule has 0 bridgehead atoms. The Morgan fingerprint density at radius 2 is 2.58 bits per heavy atom. The lowest BCUT2D eigenvalue weighted by Gasteiger charge is -2.04. The Hall–Kier alpha value is -1.36. The average molecular weight is 168 g/mol. The molecule has 1 aliphatic heterocycles. The van der Waals surface area contributed by atoms with Crippen LogP contribution in [0, 0.1) is 0 Å². The first-order chi connectivity index (χ1) is 5.81. The molecule has 64 valence electrons. The normalized spacial score (nSPS) is 14.1. The highest BCUT2D eigenvalue weighted by atomic mass is 16.5. The molecule has 0 fully saturated rings. The zero-order valence-electron chi connectivity index (χ0n) is 6.36. The Morgan fingerprint density at radius 3 is 3.33 bits per heavy atom. The molecule has 0 unspecified atom stereocenters. The molecule has 5 nitrogen and oxygen atoms in total. The predicted molar refractivity (Wildman–Crippen MR) is 39.9 cm³/mol. The molecule has 0 amide bonds. The van der Waals surface area contributed by atoms with Gasteiger partial charge in [0.1, 0.15) is 6.61 Å². The van der Waals surface area contributed by atoms with Gasteiger partial charge in [0, 0.05) is 6.07 Å². The van der Waals surface area contributed by atoms with Crippen molar-refractivity contribution in [3.05, 3.63) is 22.1 Å². The first kappa shape index (κ1) is 7.30. The van der Waals surface area contributed by atoms with E-state index in [1.165, 1.54) is 6.07 Å². The van der Waals surface area contributed by atoms with Crippen LogP contribution < -0.4 is 10.3 Å². The van der Waals surface area contributed by atoms with E-state index in [0.29, 0.717) is 24.9 Å². The fourth-order valence-electron chi connectivity index (χ4n) is 1.24. The van der Waals surface area contributed by atoms with Crippen LogP contribution in [-0.2, 0) is 13.2 Å². The van der Waals surface area contributed by atoms with E-state index < -0.39 is 0 Å². The van der Waals surface area contributed by atoms with E-state index in [1.807, 2.05) is 0 Å². The molecule has 1 aromatic rings. The molecule has 5 heteroatoms. The molecule has 2 rings (SSSR count). The minimum atomic E-state index is -0.368. The van der Waals surface area contributed by atoms with Gasteiger partial charge in [-0.3, -0.25) is 9.36 Å². The third-order valence-electron chi connectivity index (χ3n) is 1.78. The van der Waals surface area contributed by atoms with Gasteiger partial charge in [0.25, 0.3) is 11.6 Å². The summed E-state index contributed by atoms with van der Waals surface area (Å²) in [6.45, 7) is 1.01. The van der Waals surface area contributed by atoms with Crippen molar-refractivity contribution in [3.63, 3.8) is 0 Å². The van der Waals surface area contributed by atoms with Gasteiger partial charge in [0.2, 0.25) is 0 Å². The van der Waals surface area contributed by atoms with Crippen LogP contribution in [0.25, 0.3) is 0 Å². The number of aliphatic hydroxyl groups is 1. The summed E-state index contributed by atoms with van der Waals surface area (Å²) in [4.78, 5) is 14.5. The first-order valence-electron chi connectivity index (χ1n) is 3.65. The highest BCUT2D eigenvalue weighted by Crippen LogP contribution is 2.14. The Balaban J connectivity index is 2.62. The smallest absolute Gasteiger partial charge is 0.300 e. The number of aromatic nitrogens is 2. The van der Waals surface area contributed by atoms with E-state index in [2.05, 4.69) is 4.98 Å². The Morgan fingerprint density at radius 1 is 1.75 bits per heavy atom. The fourth-order valence-corrected chi connectivity index (χ4v) is 1.24. The molecule has 1 N–H and O–H groups in total. The third kappa shape index (κ3) is 0.984. The average Bonchev–Trinajstić information content (AvgIpc) is 2.50. The minimum Gasteiger partial charge on any atom is -0.463 e. The molecular weight excluding hydrogens is 160 g/mol. The van der Waals surface area contributed by atoms with Gasteiger partial charge in [0.05, 0.1) is 18.8 Å². The number of aliphatic hydroxyl groups excluding tert-OH is 1. The van der Waals surface area contributed by atoms with Gasteiger partial charge in [-0.25, -0.2) is 0 Å². The lowest BCUT2D eigenvalue weighted by atomic mass is 10.4. The van der Waals surface area contributed by atoms with E-state index in [0.717, 1.165) is 0 Å².